The van der Waals surface area contributed by atoms with Gasteiger partial charge in [0, 0.05) is 6.54 Å². The molecule has 0 radical (unpaired) electrons. The van der Waals surface area contributed by atoms with Crippen molar-refractivity contribution in [1.29, 1.82) is 0 Å². The molecule has 0 aromatic heterocycles. The van der Waals surface area contributed by atoms with Gasteiger partial charge in [0.05, 0.1) is 12.1 Å². The Labute approximate surface area is 114 Å². The predicted molar refractivity (Wildman–Crippen MR) is 77.3 cm³/mol. The second-order valence-corrected chi connectivity index (χ2v) is 5.18. The van der Waals surface area contributed by atoms with Crippen LogP contribution in [0.5, 0.6) is 0 Å². The van der Waals surface area contributed by atoms with Crippen LogP contribution in [0.25, 0.3) is 0 Å². The molecule has 2 atom stereocenters. The van der Waals surface area contributed by atoms with Gasteiger partial charge in [-0.25, -0.2) is 0 Å². The van der Waals surface area contributed by atoms with Crippen LogP contribution in [0.15, 0.2) is 30.3 Å². The van der Waals surface area contributed by atoms with E-state index in [2.05, 4.69) is 22.8 Å². The van der Waals surface area contributed by atoms with Crippen LogP contribution in [0.2, 0.25) is 0 Å². The number of aliphatic hydroxyl groups is 1. The summed E-state index contributed by atoms with van der Waals surface area (Å²) in [7, 11) is 0. The van der Waals surface area contributed by atoms with Gasteiger partial charge in [-0.1, -0.05) is 43.2 Å². The lowest BCUT2D eigenvalue weighted by atomic mass is 9.93. The first-order chi connectivity index (χ1) is 8.75. The lowest BCUT2D eigenvalue weighted by Crippen LogP contribution is -2.48. The van der Waals surface area contributed by atoms with Crippen molar-refractivity contribution in [3.63, 3.8) is 0 Å². The van der Waals surface area contributed by atoms with Gasteiger partial charge in [0.25, 0.3) is 0 Å². The van der Waals surface area contributed by atoms with Gasteiger partial charge in [0.1, 0.15) is 0 Å². The molecule has 18 heavy (non-hydrogen) atoms. The molecular formula is C14H20N2OS. The molecule has 3 N–H and O–H groups in total. The number of benzene rings is 1. The van der Waals surface area contributed by atoms with Gasteiger partial charge in [-0.2, -0.15) is 0 Å². The van der Waals surface area contributed by atoms with Gasteiger partial charge >= 0.3 is 0 Å². The molecular weight excluding hydrogens is 244 g/mol. The van der Waals surface area contributed by atoms with Gasteiger partial charge < -0.3 is 15.7 Å². The Bertz CT molecular complexity index is 383. The van der Waals surface area contributed by atoms with E-state index in [1.54, 1.807) is 0 Å². The Morgan fingerprint density at radius 2 is 1.94 bits per heavy atom. The first kappa shape index (κ1) is 13.3. The maximum Gasteiger partial charge on any atom is 0.166 e. The third-order valence-corrected chi connectivity index (χ3v) is 3.60. The number of hydrogen-bond acceptors (Lipinski definition) is 2. The molecule has 1 saturated carbocycles. The molecule has 0 amide bonds. The average molecular weight is 264 g/mol. The number of rotatable bonds is 3. The van der Waals surface area contributed by atoms with E-state index in [4.69, 9.17) is 12.2 Å². The molecule has 0 saturated heterocycles. The molecule has 0 bridgehead atoms. The second kappa shape index (κ2) is 6.71. The number of thiocarbonyl (C=S) groups is 1. The van der Waals surface area contributed by atoms with Crippen molar-refractivity contribution < 1.29 is 5.11 Å². The van der Waals surface area contributed by atoms with Crippen molar-refractivity contribution in [3.05, 3.63) is 35.9 Å². The van der Waals surface area contributed by atoms with Crippen LogP contribution in [-0.4, -0.2) is 22.4 Å². The van der Waals surface area contributed by atoms with E-state index in [1.807, 2.05) is 18.2 Å². The van der Waals surface area contributed by atoms with Crippen molar-refractivity contribution in [2.45, 2.75) is 44.4 Å². The maximum atomic E-state index is 9.85. The number of aliphatic hydroxyl groups excluding tert-OH is 1. The van der Waals surface area contributed by atoms with Crippen molar-refractivity contribution >= 4 is 17.3 Å². The first-order valence-corrected chi connectivity index (χ1v) is 6.93. The summed E-state index contributed by atoms with van der Waals surface area (Å²) >= 11 is 5.25. The minimum atomic E-state index is -0.268. The molecule has 4 heteroatoms. The van der Waals surface area contributed by atoms with Gasteiger partial charge in [-0.3, -0.25) is 0 Å². The summed E-state index contributed by atoms with van der Waals surface area (Å²) in [5.41, 5.74) is 1.20. The molecule has 2 rings (SSSR count). The van der Waals surface area contributed by atoms with Gasteiger partial charge in [0.2, 0.25) is 0 Å². The zero-order valence-electron chi connectivity index (χ0n) is 10.4. The molecule has 1 fully saturated rings. The Kier molecular flexibility index (Phi) is 4.96. The highest BCUT2D eigenvalue weighted by Gasteiger charge is 2.23. The predicted octanol–water partition coefficient (Wildman–Crippen LogP) is 1.95. The van der Waals surface area contributed by atoms with Crippen LogP contribution < -0.4 is 10.6 Å². The normalized spacial score (nSPS) is 23.4. The Morgan fingerprint density at radius 3 is 2.67 bits per heavy atom. The quantitative estimate of drug-likeness (QED) is 0.730. The fraction of sp³-hybridized carbons (Fsp3) is 0.500. The maximum absolute atomic E-state index is 9.85. The minimum Gasteiger partial charge on any atom is -0.391 e. The summed E-state index contributed by atoms with van der Waals surface area (Å²) < 4.78 is 0. The summed E-state index contributed by atoms with van der Waals surface area (Å²) in [5, 5.41) is 16.9. The van der Waals surface area contributed by atoms with E-state index < -0.39 is 0 Å². The minimum absolute atomic E-state index is 0.106. The SMILES string of the molecule is OC1CCCCC1NC(=S)NCc1ccccc1. The van der Waals surface area contributed by atoms with Crippen molar-refractivity contribution in [1.82, 2.24) is 10.6 Å². The van der Waals surface area contributed by atoms with Crippen molar-refractivity contribution in [2.75, 3.05) is 0 Å². The van der Waals surface area contributed by atoms with Crippen LogP contribution in [0.4, 0.5) is 0 Å². The van der Waals surface area contributed by atoms with Gasteiger partial charge in [-0.15, -0.1) is 0 Å². The fourth-order valence-electron chi connectivity index (χ4n) is 2.28. The molecule has 1 aliphatic carbocycles. The van der Waals surface area contributed by atoms with Gasteiger partial charge in [0.15, 0.2) is 5.11 Å². The Balaban J connectivity index is 1.75. The van der Waals surface area contributed by atoms with Crippen LogP contribution in [0.1, 0.15) is 31.2 Å². The highest BCUT2D eigenvalue weighted by Crippen LogP contribution is 2.18. The topological polar surface area (TPSA) is 44.3 Å². The summed E-state index contributed by atoms with van der Waals surface area (Å²) in [6, 6.07) is 10.3. The van der Waals surface area contributed by atoms with Crippen LogP contribution >= 0.6 is 12.2 Å². The summed E-state index contributed by atoms with van der Waals surface area (Å²) in [6.07, 6.45) is 3.88. The molecule has 0 heterocycles. The van der Waals surface area contributed by atoms with Crippen LogP contribution in [0, 0.1) is 0 Å². The molecule has 1 aromatic rings. The molecule has 0 spiro atoms. The standard InChI is InChI=1S/C14H20N2OS/c17-13-9-5-4-8-12(13)16-14(18)15-10-11-6-2-1-3-7-11/h1-3,6-7,12-13,17H,4-5,8-10H2,(H2,15,16,18). The van der Waals surface area contributed by atoms with Crippen molar-refractivity contribution in [2.24, 2.45) is 0 Å². The zero-order chi connectivity index (χ0) is 12.8. The van der Waals surface area contributed by atoms with E-state index in [0.717, 1.165) is 32.2 Å². The smallest absolute Gasteiger partial charge is 0.166 e. The van der Waals surface area contributed by atoms with E-state index in [-0.39, 0.29) is 12.1 Å². The average Bonchev–Trinajstić information content (AvgIpc) is 2.40. The lowest BCUT2D eigenvalue weighted by molar-refractivity contribution is 0.0997. The zero-order valence-corrected chi connectivity index (χ0v) is 11.2. The lowest BCUT2D eigenvalue weighted by Gasteiger charge is -2.29. The molecule has 0 aliphatic heterocycles. The highest BCUT2D eigenvalue weighted by molar-refractivity contribution is 7.80. The highest BCUT2D eigenvalue weighted by atomic mass is 32.1. The van der Waals surface area contributed by atoms with Crippen LogP contribution in [-0.2, 0) is 6.54 Å². The molecule has 1 aliphatic rings. The monoisotopic (exact) mass is 264 g/mol. The summed E-state index contributed by atoms with van der Waals surface area (Å²) in [4.78, 5) is 0. The summed E-state index contributed by atoms with van der Waals surface area (Å²) in [5.74, 6) is 0. The molecule has 98 valence electrons. The fourth-order valence-corrected chi connectivity index (χ4v) is 2.50. The van der Waals surface area contributed by atoms with Crippen LogP contribution in [0.3, 0.4) is 0 Å². The number of hydrogen-bond donors (Lipinski definition) is 3. The Hall–Kier alpha value is -1.13. The van der Waals surface area contributed by atoms with E-state index in [9.17, 15) is 5.11 Å². The van der Waals surface area contributed by atoms with E-state index >= 15 is 0 Å². The van der Waals surface area contributed by atoms with E-state index in [1.165, 1.54) is 5.56 Å². The first-order valence-electron chi connectivity index (χ1n) is 6.52. The van der Waals surface area contributed by atoms with Crippen molar-refractivity contribution in [3.8, 4) is 0 Å². The van der Waals surface area contributed by atoms with Gasteiger partial charge in [-0.05, 0) is 30.6 Å². The molecule has 1 aromatic carbocycles. The van der Waals surface area contributed by atoms with E-state index in [0.29, 0.717) is 5.11 Å². The Morgan fingerprint density at radius 1 is 1.22 bits per heavy atom. The number of nitrogens with one attached hydrogen (secondary N) is 2. The third kappa shape index (κ3) is 3.96. The molecule has 3 nitrogen and oxygen atoms in total. The summed E-state index contributed by atoms with van der Waals surface area (Å²) in [6.45, 7) is 0.718. The largest absolute Gasteiger partial charge is 0.391 e. The third-order valence-electron chi connectivity index (χ3n) is 3.34. The second-order valence-electron chi connectivity index (χ2n) is 4.77. The molecule has 2 unspecified atom stereocenters.